The quantitative estimate of drug-likeness (QED) is 0.721. The van der Waals surface area contributed by atoms with Crippen LogP contribution < -0.4 is 10.6 Å². The fourth-order valence-electron chi connectivity index (χ4n) is 2.70. The van der Waals surface area contributed by atoms with Gasteiger partial charge in [-0.1, -0.05) is 12.8 Å². The van der Waals surface area contributed by atoms with Gasteiger partial charge in [-0.25, -0.2) is 0 Å². The molecule has 3 rings (SSSR count). The average Bonchev–Trinajstić information content (AvgIpc) is 3.26. The standard InChI is InChI=1S/C18H19BrN2O3S/c19-16-10-9-15(24-16)18(23)20-11-17(22)21-12-5-7-14(8-6-12)25-13-3-1-2-4-13/h5-10,13H,1-4,11H2,(H,20,23)(H,21,22). The number of carbonyl (C=O) groups excluding carboxylic acids is 2. The van der Waals surface area contributed by atoms with E-state index >= 15 is 0 Å². The number of benzene rings is 1. The van der Waals surface area contributed by atoms with Crippen molar-refractivity contribution in [2.75, 3.05) is 11.9 Å². The summed E-state index contributed by atoms with van der Waals surface area (Å²) >= 11 is 5.04. The van der Waals surface area contributed by atoms with E-state index in [1.165, 1.54) is 36.6 Å². The van der Waals surface area contributed by atoms with Gasteiger partial charge in [0, 0.05) is 15.8 Å². The van der Waals surface area contributed by atoms with Crippen LogP contribution in [0.25, 0.3) is 0 Å². The molecule has 0 radical (unpaired) electrons. The molecule has 1 heterocycles. The third kappa shape index (κ3) is 5.37. The Morgan fingerprint density at radius 2 is 1.84 bits per heavy atom. The largest absolute Gasteiger partial charge is 0.444 e. The zero-order valence-electron chi connectivity index (χ0n) is 13.6. The van der Waals surface area contributed by atoms with Crippen LogP contribution in [-0.2, 0) is 4.79 Å². The van der Waals surface area contributed by atoms with Gasteiger partial charge in [-0.05, 0) is 65.2 Å². The third-order valence-electron chi connectivity index (χ3n) is 3.95. The molecule has 25 heavy (non-hydrogen) atoms. The first-order valence-corrected chi connectivity index (χ1v) is 9.87. The van der Waals surface area contributed by atoms with E-state index in [-0.39, 0.29) is 18.2 Å². The molecule has 132 valence electrons. The van der Waals surface area contributed by atoms with Gasteiger partial charge in [-0.2, -0.15) is 0 Å². The van der Waals surface area contributed by atoms with Crippen molar-refractivity contribution in [1.82, 2.24) is 5.32 Å². The van der Waals surface area contributed by atoms with Crippen LogP contribution in [0.3, 0.4) is 0 Å². The summed E-state index contributed by atoms with van der Waals surface area (Å²) in [4.78, 5) is 25.0. The zero-order valence-corrected chi connectivity index (χ0v) is 16.0. The van der Waals surface area contributed by atoms with E-state index in [1.807, 2.05) is 36.0 Å². The summed E-state index contributed by atoms with van der Waals surface area (Å²) in [5.41, 5.74) is 0.718. The van der Waals surface area contributed by atoms with Crippen LogP contribution >= 0.6 is 27.7 Å². The lowest BCUT2D eigenvalue weighted by Gasteiger charge is -2.10. The first-order valence-electron chi connectivity index (χ1n) is 8.20. The summed E-state index contributed by atoms with van der Waals surface area (Å²) in [6.45, 7) is -0.115. The maximum atomic E-state index is 11.9. The average molecular weight is 423 g/mol. The monoisotopic (exact) mass is 422 g/mol. The fourth-order valence-corrected chi connectivity index (χ4v) is 4.26. The molecular weight excluding hydrogens is 404 g/mol. The normalized spacial score (nSPS) is 14.4. The molecule has 1 aliphatic carbocycles. The predicted molar refractivity (Wildman–Crippen MR) is 102 cm³/mol. The van der Waals surface area contributed by atoms with Gasteiger partial charge >= 0.3 is 0 Å². The summed E-state index contributed by atoms with van der Waals surface area (Å²) < 4.78 is 5.60. The van der Waals surface area contributed by atoms with Gasteiger partial charge in [0.25, 0.3) is 5.91 Å². The van der Waals surface area contributed by atoms with Crippen molar-refractivity contribution in [2.45, 2.75) is 35.8 Å². The predicted octanol–water partition coefficient (Wildman–Crippen LogP) is 4.45. The Labute approximate surface area is 159 Å². The number of furan rings is 1. The summed E-state index contributed by atoms with van der Waals surface area (Å²) in [6.07, 6.45) is 5.23. The highest BCUT2D eigenvalue weighted by molar-refractivity contribution is 9.10. The fraction of sp³-hybridized carbons (Fsp3) is 0.333. The molecule has 0 spiro atoms. The van der Waals surface area contributed by atoms with Crippen molar-refractivity contribution < 1.29 is 14.0 Å². The van der Waals surface area contributed by atoms with Crippen LogP contribution in [-0.4, -0.2) is 23.6 Å². The molecule has 5 nitrogen and oxygen atoms in total. The van der Waals surface area contributed by atoms with Crippen LogP contribution in [0, 0.1) is 0 Å². The Bertz CT molecular complexity index is 739. The lowest BCUT2D eigenvalue weighted by Crippen LogP contribution is -2.32. The molecule has 0 aliphatic heterocycles. The van der Waals surface area contributed by atoms with E-state index in [9.17, 15) is 9.59 Å². The van der Waals surface area contributed by atoms with Gasteiger partial charge in [-0.15, -0.1) is 11.8 Å². The smallest absolute Gasteiger partial charge is 0.287 e. The molecule has 0 atom stereocenters. The Morgan fingerprint density at radius 3 is 2.48 bits per heavy atom. The van der Waals surface area contributed by atoms with Crippen LogP contribution in [0.15, 0.2) is 50.4 Å². The van der Waals surface area contributed by atoms with Crippen LogP contribution in [0.2, 0.25) is 0 Å². The lowest BCUT2D eigenvalue weighted by atomic mass is 10.3. The number of amides is 2. The number of halogens is 1. The first kappa shape index (κ1) is 18.1. The highest BCUT2D eigenvalue weighted by atomic mass is 79.9. The maximum absolute atomic E-state index is 11.9. The summed E-state index contributed by atoms with van der Waals surface area (Å²) in [7, 11) is 0. The van der Waals surface area contributed by atoms with Gasteiger partial charge in [0.2, 0.25) is 5.91 Å². The Morgan fingerprint density at radius 1 is 1.12 bits per heavy atom. The van der Waals surface area contributed by atoms with E-state index < -0.39 is 5.91 Å². The third-order valence-corrected chi connectivity index (χ3v) is 5.72. The van der Waals surface area contributed by atoms with Crippen LogP contribution in [0.1, 0.15) is 36.2 Å². The van der Waals surface area contributed by atoms with Crippen molar-refractivity contribution in [1.29, 1.82) is 0 Å². The van der Waals surface area contributed by atoms with Crippen molar-refractivity contribution >= 4 is 45.2 Å². The van der Waals surface area contributed by atoms with Gasteiger partial charge in [-0.3, -0.25) is 9.59 Å². The second-order valence-electron chi connectivity index (χ2n) is 5.88. The van der Waals surface area contributed by atoms with Crippen LogP contribution in [0.4, 0.5) is 5.69 Å². The molecule has 2 N–H and O–H groups in total. The molecule has 1 saturated carbocycles. The summed E-state index contributed by atoms with van der Waals surface area (Å²) in [5.74, 6) is -0.549. The van der Waals surface area contributed by atoms with Gasteiger partial charge in [0.15, 0.2) is 10.4 Å². The van der Waals surface area contributed by atoms with Crippen LogP contribution in [0.5, 0.6) is 0 Å². The summed E-state index contributed by atoms with van der Waals surface area (Å²) in [5, 5.41) is 6.01. The minimum absolute atomic E-state index is 0.115. The topological polar surface area (TPSA) is 71.3 Å². The van der Waals surface area contributed by atoms with Gasteiger partial charge < -0.3 is 15.1 Å². The molecule has 1 aromatic heterocycles. The molecule has 0 bridgehead atoms. The molecule has 2 aromatic rings. The van der Waals surface area contributed by atoms with E-state index in [0.29, 0.717) is 4.67 Å². The Balaban J connectivity index is 1.45. The number of carbonyl (C=O) groups is 2. The molecular formula is C18H19BrN2O3S. The van der Waals surface area contributed by atoms with Crippen molar-refractivity contribution in [3.05, 3.63) is 46.8 Å². The number of nitrogens with one attached hydrogen (secondary N) is 2. The maximum Gasteiger partial charge on any atom is 0.287 e. The highest BCUT2D eigenvalue weighted by Gasteiger charge is 2.16. The lowest BCUT2D eigenvalue weighted by molar-refractivity contribution is -0.115. The second kappa shape index (κ2) is 8.58. The van der Waals surface area contributed by atoms with Gasteiger partial charge in [0.05, 0.1) is 6.54 Å². The Hall–Kier alpha value is -1.73. The highest BCUT2D eigenvalue weighted by Crippen LogP contribution is 2.34. The Kier molecular flexibility index (Phi) is 6.20. The minimum atomic E-state index is -0.427. The van der Waals surface area contributed by atoms with Crippen molar-refractivity contribution in [3.8, 4) is 0 Å². The number of hydrogen-bond acceptors (Lipinski definition) is 4. The molecule has 1 fully saturated rings. The molecule has 2 amide bonds. The SMILES string of the molecule is O=C(CNC(=O)c1ccc(Br)o1)Nc1ccc(SC2CCCC2)cc1. The molecule has 1 aliphatic rings. The molecule has 0 unspecified atom stereocenters. The minimum Gasteiger partial charge on any atom is -0.444 e. The molecule has 7 heteroatoms. The number of anilines is 1. The number of hydrogen-bond donors (Lipinski definition) is 2. The van der Waals surface area contributed by atoms with Crippen molar-refractivity contribution in [2.24, 2.45) is 0 Å². The first-order chi connectivity index (χ1) is 12.1. The van der Waals surface area contributed by atoms with E-state index in [0.717, 1.165) is 10.9 Å². The number of rotatable bonds is 6. The number of thioether (sulfide) groups is 1. The van der Waals surface area contributed by atoms with Gasteiger partial charge in [0.1, 0.15) is 0 Å². The molecule has 0 saturated heterocycles. The van der Waals surface area contributed by atoms with E-state index in [2.05, 4.69) is 26.6 Å². The summed E-state index contributed by atoms with van der Waals surface area (Å²) in [6, 6.07) is 11.0. The van der Waals surface area contributed by atoms with E-state index in [4.69, 9.17) is 4.42 Å². The van der Waals surface area contributed by atoms with Crippen molar-refractivity contribution in [3.63, 3.8) is 0 Å². The second-order valence-corrected chi connectivity index (χ2v) is 8.04. The molecule has 1 aromatic carbocycles. The zero-order chi connectivity index (χ0) is 17.6. The van der Waals surface area contributed by atoms with E-state index in [1.54, 1.807) is 6.07 Å².